The molecule has 2 heterocycles. The van der Waals surface area contributed by atoms with Gasteiger partial charge >= 0.3 is 6.09 Å². The van der Waals surface area contributed by atoms with Gasteiger partial charge in [0.2, 0.25) is 0 Å². The van der Waals surface area contributed by atoms with E-state index >= 15 is 0 Å². The highest BCUT2D eigenvalue weighted by molar-refractivity contribution is 5.95. The maximum Gasteiger partial charge on any atom is 0.409 e. The van der Waals surface area contributed by atoms with Crippen molar-refractivity contribution < 1.29 is 14.3 Å². The molecule has 2 aromatic rings. The zero-order chi connectivity index (χ0) is 17.6. The van der Waals surface area contributed by atoms with Crippen LogP contribution in [0.15, 0.2) is 48.8 Å². The Bertz CT molecular complexity index is 741. The largest absolute Gasteiger partial charge is 0.450 e. The van der Waals surface area contributed by atoms with Crippen LogP contribution in [-0.2, 0) is 4.74 Å². The lowest BCUT2D eigenvalue weighted by Gasteiger charge is -2.34. The molecule has 6 nitrogen and oxygen atoms in total. The molecule has 2 amide bonds. The molecule has 0 radical (unpaired) electrons. The minimum Gasteiger partial charge on any atom is -0.450 e. The first-order valence-electron chi connectivity index (χ1n) is 8.40. The van der Waals surface area contributed by atoms with Gasteiger partial charge in [0.05, 0.1) is 12.2 Å². The molecule has 0 N–H and O–H groups in total. The number of benzene rings is 1. The van der Waals surface area contributed by atoms with Crippen LogP contribution < -0.4 is 0 Å². The van der Waals surface area contributed by atoms with E-state index in [1.807, 2.05) is 36.4 Å². The Labute approximate surface area is 147 Å². The number of rotatable bonds is 3. The SMILES string of the molecule is CCOC(=O)N1CCN(C(=O)c2cncc(-c3ccccc3)c2)CC1. The third-order valence-electron chi connectivity index (χ3n) is 4.19. The summed E-state index contributed by atoms with van der Waals surface area (Å²) in [6, 6.07) is 11.7. The Morgan fingerprint density at radius 1 is 1.00 bits per heavy atom. The van der Waals surface area contributed by atoms with Crippen molar-refractivity contribution in [1.29, 1.82) is 0 Å². The maximum absolute atomic E-state index is 12.7. The first kappa shape index (κ1) is 17.0. The number of piperazine rings is 1. The number of hydrogen-bond donors (Lipinski definition) is 0. The van der Waals surface area contributed by atoms with Gasteiger partial charge in [-0.05, 0) is 18.6 Å². The van der Waals surface area contributed by atoms with Crippen LogP contribution in [0.5, 0.6) is 0 Å². The molecular formula is C19H21N3O3. The number of carbonyl (C=O) groups is 2. The van der Waals surface area contributed by atoms with Gasteiger partial charge < -0.3 is 14.5 Å². The summed E-state index contributed by atoms with van der Waals surface area (Å²) in [5.41, 5.74) is 2.50. The fraction of sp³-hybridized carbons (Fsp3) is 0.316. The molecule has 1 saturated heterocycles. The van der Waals surface area contributed by atoms with Crippen LogP contribution in [0.2, 0.25) is 0 Å². The number of nitrogens with zero attached hydrogens (tertiary/aromatic N) is 3. The summed E-state index contributed by atoms with van der Waals surface area (Å²) in [4.78, 5) is 32.1. The average Bonchev–Trinajstić information content (AvgIpc) is 2.68. The van der Waals surface area contributed by atoms with Crippen LogP contribution in [0.25, 0.3) is 11.1 Å². The Kier molecular flexibility index (Phi) is 5.28. The predicted molar refractivity (Wildman–Crippen MR) is 94.2 cm³/mol. The molecule has 1 aromatic heterocycles. The monoisotopic (exact) mass is 339 g/mol. The van der Waals surface area contributed by atoms with E-state index in [2.05, 4.69) is 4.98 Å². The Morgan fingerprint density at radius 3 is 2.36 bits per heavy atom. The summed E-state index contributed by atoms with van der Waals surface area (Å²) >= 11 is 0. The number of hydrogen-bond acceptors (Lipinski definition) is 4. The highest BCUT2D eigenvalue weighted by Gasteiger charge is 2.25. The molecule has 1 fully saturated rings. The molecule has 25 heavy (non-hydrogen) atoms. The topological polar surface area (TPSA) is 62.7 Å². The quantitative estimate of drug-likeness (QED) is 0.862. The molecule has 0 unspecified atom stereocenters. The minimum atomic E-state index is -0.317. The third kappa shape index (κ3) is 3.96. The van der Waals surface area contributed by atoms with Gasteiger partial charge in [0.25, 0.3) is 5.91 Å². The second-order valence-corrected chi connectivity index (χ2v) is 5.81. The normalized spacial score (nSPS) is 14.3. The van der Waals surface area contributed by atoms with Gasteiger partial charge in [-0.1, -0.05) is 30.3 Å². The van der Waals surface area contributed by atoms with Gasteiger partial charge in [-0.3, -0.25) is 9.78 Å². The van der Waals surface area contributed by atoms with Crippen LogP contribution in [0, 0.1) is 0 Å². The summed E-state index contributed by atoms with van der Waals surface area (Å²) in [5.74, 6) is -0.0613. The van der Waals surface area contributed by atoms with Crippen molar-refractivity contribution in [2.75, 3.05) is 32.8 Å². The molecule has 0 bridgehead atoms. The zero-order valence-corrected chi connectivity index (χ0v) is 14.2. The Hall–Kier alpha value is -2.89. The van der Waals surface area contributed by atoms with E-state index in [1.54, 1.807) is 29.1 Å². The molecule has 6 heteroatoms. The predicted octanol–water partition coefficient (Wildman–Crippen LogP) is 2.66. The van der Waals surface area contributed by atoms with Gasteiger partial charge in [-0.2, -0.15) is 0 Å². The fourth-order valence-electron chi connectivity index (χ4n) is 2.83. The van der Waals surface area contributed by atoms with Crippen LogP contribution in [0.1, 0.15) is 17.3 Å². The Morgan fingerprint density at radius 2 is 1.68 bits per heavy atom. The molecule has 0 spiro atoms. The Balaban J connectivity index is 1.67. The summed E-state index contributed by atoms with van der Waals surface area (Å²) < 4.78 is 5.00. The summed E-state index contributed by atoms with van der Waals surface area (Å²) in [5, 5.41) is 0. The van der Waals surface area contributed by atoms with Gasteiger partial charge in [0, 0.05) is 44.1 Å². The van der Waals surface area contributed by atoms with Crippen molar-refractivity contribution in [2.45, 2.75) is 6.92 Å². The molecule has 0 saturated carbocycles. The van der Waals surface area contributed by atoms with E-state index < -0.39 is 0 Å². The standard InChI is InChI=1S/C19H21N3O3/c1-2-25-19(24)22-10-8-21(9-11-22)18(23)17-12-16(13-20-14-17)15-6-4-3-5-7-15/h3-7,12-14H,2,8-11H2,1H3. The summed E-state index contributed by atoms with van der Waals surface area (Å²) in [7, 11) is 0. The van der Waals surface area contributed by atoms with Crippen LogP contribution in [0.4, 0.5) is 4.79 Å². The van der Waals surface area contributed by atoms with Crippen molar-refractivity contribution in [3.8, 4) is 11.1 Å². The van der Waals surface area contributed by atoms with E-state index in [4.69, 9.17) is 4.74 Å². The lowest BCUT2D eigenvalue weighted by atomic mass is 10.1. The molecule has 1 aliphatic heterocycles. The van der Waals surface area contributed by atoms with E-state index in [0.29, 0.717) is 38.3 Å². The average molecular weight is 339 g/mol. The highest BCUT2D eigenvalue weighted by atomic mass is 16.6. The summed E-state index contributed by atoms with van der Waals surface area (Å²) in [6.07, 6.45) is 3.03. The van der Waals surface area contributed by atoms with E-state index in [-0.39, 0.29) is 12.0 Å². The van der Waals surface area contributed by atoms with Crippen molar-refractivity contribution >= 4 is 12.0 Å². The van der Waals surface area contributed by atoms with Crippen LogP contribution in [0.3, 0.4) is 0 Å². The smallest absolute Gasteiger partial charge is 0.409 e. The minimum absolute atomic E-state index is 0.0613. The van der Waals surface area contributed by atoms with E-state index in [9.17, 15) is 9.59 Å². The summed E-state index contributed by atoms with van der Waals surface area (Å²) in [6.45, 7) is 4.09. The van der Waals surface area contributed by atoms with Gasteiger partial charge in [0.1, 0.15) is 0 Å². The second-order valence-electron chi connectivity index (χ2n) is 5.81. The van der Waals surface area contributed by atoms with Crippen molar-refractivity contribution in [1.82, 2.24) is 14.8 Å². The van der Waals surface area contributed by atoms with Gasteiger partial charge in [0.15, 0.2) is 0 Å². The number of ether oxygens (including phenoxy) is 1. The maximum atomic E-state index is 12.7. The van der Waals surface area contributed by atoms with Crippen molar-refractivity contribution in [2.24, 2.45) is 0 Å². The van der Waals surface area contributed by atoms with Gasteiger partial charge in [-0.15, -0.1) is 0 Å². The van der Waals surface area contributed by atoms with Crippen LogP contribution in [-0.4, -0.2) is 59.6 Å². The van der Waals surface area contributed by atoms with Crippen LogP contribution >= 0.6 is 0 Å². The lowest BCUT2D eigenvalue weighted by molar-refractivity contribution is 0.0570. The number of aromatic nitrogens is 1. The fourth-order valence-corrected chi connectivity index (χ4v) is 2.83. The molecule has 1 aliphatic rings. The van der Waals surface area contributed by atoms with Crippen molar-refractivity contribution in [3.05, 3.63) is 54.4 Å². The molecule has 0 aliphatic carbocycles. The zero-order valence-electron chi connectivity index (χ0n) is 14.2. The molecule has 1 aromatic carbocycles. The van der Waals surface area contributed by atoms with Crippen molar-refractivity contribution in [3.63, 3.8) is 0 Å². The number of pyridine rings is 1. The third-order valence-corrected chi connectivity index (χ3v) is 4.19. The number of carbonyl (C=O) groups excluding carboxylic acids is 2. The lowest BCUT2D eigenvalue weighted by Crippen LogP contribution is -2.50. The molecule has 3 rings (SSSR count). The molecule has 0 atom stereocenters. The second kappa shape index (κ2) is 7.79. The van der Waals surface area contributed by atoms with Gasteiger partial charge in [-0.25, -0.2) is 4.79 Å². The van der Waals surface area contributed by atoms with E-state index in [0.717, 1.165) is 11.1 Å². The molecule has 130 valence electrons. The highest BCUT2D eigenvalue weighted by Crippen LogP contribution is 2.20. The van der Waals surface area contributed by atoms with E-state index in [1.165, 1.54) is 0 Å². The first-order chi connectivity index (χ1) is 12.2. The number of amides is 2. The first-order valence-corrected chi connectivity index (χ1v) is 8.40. The molecular weight excluding hydrogens is 318 g/mol.